The maximum atomic E-state index is 14.4. The van der Waals surface area contributed by atoms with Crippen molar-refractivity contribution in [2.45, 2.75) is 104 Å². The molecule has 0 radical (unpaired) electrons. The minimum Gasteiger partial charge on any atom is -0.493 e. The number of aryl methyl sites for hydroxylation is 2. The van der Waals surface area contributed by atoms with Crippen molar-refractivity contribution < 1.29 is 43.2 Å². The zero-order valence-electron chi connectivity index (χ0n) is 42.2. The van der Waals surface area contributed by atoms with Crippen molar-refractivity contribution in [1.82, 2.24) is 26.4 Å². The molecule has 4 aromatic carbocycles. The molecular weight excluding hydrogens is 889 g/mol. The largest absolute Gasteiger partial charge is 0.493 e. The van der Waals surface area contributed by atoms with Crippen molar-refractivity contribution in [3.8, 4) is 17.2 Å². The van der Waals surface area contributed by atoms with Gasteiger partial charge in [0.15, 0.2) is 18.1 Å². The third-order valence-corrected chi connectivity index (χ3v) is 11.9. The van der Waals surface area contributed by atoms with Gasteiger partial charge in [-0.25, -0.2) is 9.80 Å². The Morgan fingerprint density at radius 1 is 0.714 bits per heavy atom. The molecule has 0 bridgehead atoms. The minimum atomic E-state index is -1.25. The number of aliphatic hydroxyl groups is 1. The van der Waals surface area contributed by atoms with E-state index in [1.54, 1.807) is 25.3 Å². The number of allylic oxidation sites excluding steroid dienone is 1. The number of benzene rings is 4. The molecule has 0 fully saturated rings. The number of alkyl carbamates (subject to hydrolysis) is 1. The number of aliphatic imine (C=N–C) groups is 1. The van der Waals surface area contributed by atoms with Gasteiger partial charge < -0.3 is 40.0 Å². The topological polar surface area (TPSA) is 189 Å². The summed E-state index contributed by atoms with van der Waals surface area (Å²) in [6, 6.07) is 27.8. The number of methoxy groups -OCH3 is 3. The fourth-order valence-electron chi connectivity index (χ4n) is 8.04. The van der Waals surface area contributed by atoms with E-state index >= 15 is 0 Å². The molecule has 376 valence electrons. The molecule has 4 amide bonds. The Balaban J connectivity index is 1.30. The van der Waals surface area contributed by atoms with E-state index in [1.807, 2.05) is 139 Å². The van der Waals surface area contributed by atoms with Crippen LogP contribution in [0.1, 0.15) is 82.2 Å². The molecule has 0 aliphatic carbocycles. The summed E-state index contributed by atoms with van der Waals surface area (Å²) < 4.78 is 21.6. The number of aliphatic hydroxyl groups excluding tert-OH is 1. The molecular formula is C55H72N6O9. The highest BCUT2D eigenvalue weighted by molar-refractivity contribution is 6.09. The Kier molecular flexibility index (Phi) is 20.0. The van der Waals surface area contributed by atoms with Gasteiger partial charge in [-0.2, -0.15) is 0 Å². The molecule has 70 heavy (non-hydrogen) atoms. The van der Waals surface area contributed by atoms with Crippen molar-refractivity contribution >= 4 is 29.5 Å². The summed E-state index contributed by atoms with van der Waals surface area (Å²) in [6.45, 7) is 11.4. The highest BCUT2D eigenvalue weighted by Gasteiger charge is 2.37. The van der Waals surface area contributed by atoms with Crippen molar-refractivity contribution in [2.75, 3.05) is 41.0 Å². The highest BCUT2D eigenvalue weighted by atomic mass is 16.5. The summed E-state index contributed by atoms with van der Waals surface area (Å²) in [6.07, 6.45) is 5.70. The third kappa shape index (κ3) is 16.8. The zero-order chi connectivity index (χ0) is 50.8. The van der Waals surface area contributed by atoms with Crippen LogP contribution in [-0.4, -0.2) is 105 Å². The van der Waals surface area contributed by atoms with Crippen molar-refractivity contribution in [3.05, 3.63) is 137 Å². The lowest BCUT2D eigenvalue weighted by Crippen LogP contribution is -2.61. The molecule has 1 aliphatic heterocycles. The lowest BCUT2D eigenvalue weighted by molar-refractivity contribution is -0.134. The van der Waals surface area contributed by atoms with E-state index in [4.69, 9.17) is 18.9 Å². The van der Waals surface area contributed by atoms with E-state index in [1.165, 1.54) is 7.11 Å². The third-order valence-electron chi connectivity index (χ3n) is 11.9. The predicted molar refractivity (Wildman–Crippen MR) is 272 cm³/mol. The molecule has 0 spiro atoms. The SMILES string of the molecule is COC(=O)N[C@H](C(=O)NN(Cc1ccc(C2=NCCC=C2)cc1)C[C@H](O)[C@H](Cc1ccccc1)NC(=O)[C@@H](NC(=O)COc1cccc(CCCc2ccc(OC)c(OC)c2)c1)C(C)(C)C)C(C)(C)C. The molecule has 1 heterocycles. The van der Waals surface area contributed by atoms with Crippen molar-refractivity contribution in [1.29, 1.82) is 0 Å². The molecule has 15 heteroatoms. The summed E-state index contributed by atoms with van der Waals surface area (Å²) in [7, 11) is 4.46. The Hall–Kier alpha value is -6.71. The maximum Gasteiger partial charge on any atom is 0.407 e. The second-order valence-electron chi connectivity index (χ2n) is 19.7. The van der Waals surface area contributed by atoms with Gasteiger partial charge in [0.2, 0.25) is 5.91 Å². The van der Waals surface area contributed by atoms with Crippen LogP contribution < -0.4 is 35.6 Å². The molecule has 4 aromatic rings. The van der Waals surface area contributed by atoms with Crippen LogP contribution in [-0.2, 0) is 44.9 Å². The molecule has 15 nitrogen and oxygen atoms in total. The average molecular weight is 961 g/mol. The number of nitrogens with zero attached hydrogens (tertiary/aromatic N) is 2. The Labute approximate surface area is 413 Å². The number of hydrogen-bond acceptors (Lipinski definition) is 11. The monoisotopic (exact) mass is 961 g/mol. The van der Waals surface area contributed by atoms with Gasteiger partial charge in [0, 0.05) is 19.6 Å². The second-order valence-corrected chi connectivity index (χ2v) is 19.7. The number of amides is 4. The summed E-state index contributed by atoms with van der Waals surface area (Å²) in [5, 5.41) is 22.4. The second kappa shape index (κ2) is 25.8. The molecule has 0 saturated heterocycles. The van der Waals surface area contributed by atoms with Gasteiger partial charge in [0.05, 0.1) is 39.2 Å². The summed E-state index contributed by atoms with van der Waals surface area (Å²) in [4.78, 5) is 59.1. The number of rotatable bonds is 23. The maximum absolute atomic E-state index is 14.4. The number of ether oxygens (including phenoxy) is 4. The summed E-state index contributed by atoms with van der Waals surface area (Å²) in [5.41, 5.74) is 7.17. The van der Waals surface area contributed by atoms with E-state index in [2.05, 4.69) is 32.4 Å². The van der Waals surface area contributed by atoms with Crippen LogP contribution in [0, 0.1) is 10.8 Å². The van der Waals surface area contributed by atoms with Crippen LogP contribution in [0.4, 0.5) is 4.79 Å². The van der Waals surface area contributed by atoms with Crippen LogP contribution in [0.25, 0.3) is 0 Å². The summed E-state index contributed by atoms with van der Waals surface area (Å²) in [5.74, 6) is 0.382. The average Bonchev–Trinajstić information content (AvgIpc) is 3.34. The first kappa shape index (κ1) is 54.2. The number of hydrazine groups is 1. The van der Waals surface area contributed by atoms with Gasteiger partial charge in [0.25, 0.3) is 11.8 Å². The van der Waals surface area contributed by atoms with E-state index in [9.17, 15) is 24.3 Å². The lowest BCUT2D eigenvalue weighted by Gasteiger charge is -2.36. The number of hydrogen-bond donors (Lipinski definition) is 5. The molecule has 1 aliphatic rings. The Bertz CT molecular complexity index is 2410. The molecule has 0 unspecified atom stereocenters. The number of carbonyl (C=O) groups excluding carboxylic acids is 4. The Morgan fingerprint density at radius 3 is 1.99 bits per heavy atom. The van der Waals surface area contributed by atoms with Crippen LogP contribution in [0.5, 0.6) is 17.2 Å². The lowest BCUT2D eigenvalue weighted by atomic mass is 9.85. The molecule has 5 rings (SSSR count). The van der Waals surface area contributed by atoms with Crippen LogP contribution >= 0.6 is 0 Å². The quantitative estimate of drug-likeness (QED) is 0.0488. The molecule has 5 N–H and O–H groups in total. The number of carbonyl (C=O) groups is 4. The first-order chi connectivity index (χ1) is 33.4. The first-order valence-electron chi connectivity index (χ1n) is 23.8. The fourth-order valence-corrected chi connectivity index (χ4v) is 8.04. The summed E-state index contributed by atoms with van der Waals surface area (Å²) >= 11 is 0. The van der Waals surface area contributed by atoms with Gasteiger partial charge in [-0.3, -0.25) is 24.8 Å². The zero-order valence-corrected chi connectivity index (χ0v) is 42.2. The molecule has 0 aromatic heterocycles. The van der Waals surface area contributed by atoms with Gasteiger partial charge in [-0.05, 0) is 101 Å². The number of dihydropyridines is 1. The smallest absolute Gasteiger partial charge is 0.407 e. The molecule has 0 saturated carbocycles. The van der Waals surface area contributed by atoms with Crippen LogP contribution in [0.3, 0.4) is 0 Å². The minimum absolute atomic E-state index is 0.133. The van der Waals surface area contributed by atoms with Gasteiger partial charge in [-0.1, -0.05) is 120 Å². The fraction of sp³-hybridized carbons (Fsp3) is 0.436. The van der Waals surface area contributed by atoms with E-state index in [0.29, 0.717) is 17.2 Å². The predicted octanol–water partition coefficient (Wildman–Crippen LogP) is 6.93. The van der Waals surface area contributed by atoms with E-state index < -0.39 is 58.9 Å². The first-order valence-corrected chi connectivity index (χ1v) is 23.8. The van der Waals surface area contributed by atoms with Gasteiger partial charge in [-0.15, -0.1) is 0 Å². The Morgan fingerprint density at radius 2 is 1.36 bits per heavy atom. The van der Waals surface area contributed by atoms with Crippen LogP contribution in [0.15, 0.2) is 114 Å². The number of nitrogens with one attached hydrogen (secondary N) is 4. The van der Waals surface area contributed by atoms with E-state index in [-0.39, 0.29) is 26.1 Å². The highest BCUT2D eigenvalue weighted by Crippen LogP contribution is 2.29. The normalized spacial score (nSPS) is 14.3. The van der Waals surface area contributed by atoms with Crippen molar-refractivity contribution in [3.63, 3.8) is 0 Å². The van der Waals surface area contributed by atoms with Gasteiger partial charge in [0.1, 0.15) is 17.8 Å². The van der Waals surface area contributed by atoms with Gasteiger partial charge >= 0.3 is 6.09 Å². The molecule has 4 atom stereocenters. The van der Waals surface area contributed by atoms with Crippen molar-refractivity contribution in [2.24, 2.45) is 15.8 Å². The van der Waals surface area contributed by atoms with Crippen LogP contribution in [0.2, 0.25) is 0 Å². The van der Waals surface area contributed by atoms with E-state index in [0.717, 1.165) is 65.8 Å². The standard InChI is InChI=1S/C55H72N6O9/c1-54(2,3)49(58-48(63)36-70-42-22-16-21-37(31-42)19-15-20-39-26-29-46(67-7)47(33-39)68-8)51(64)57-44(32-38-17-11-10-12-18-38)45(62)35-61(60-52(65)50(55(4,5)6)59-53(66)69-9)34-40-24-27-41(28-25-40)43-23-13-14-30-56-43/h10-13,16-18,21-29,31,33,44-45,49-50,62H,14-15,19-20,30,32,34-36H2,1-9H3,(H,57,64)(H,58,63)(H,59,66)(H,60,65)/t44-,45-,49+,50+/m0/s1.